The summed E-state index contributed by atoms with van der Waals surface area (Å²) in [6.07, 6.45) is 1.65. The summed E-state index contributed by atoms with van der Waals surface area (Å²) in [5.74, 6) is 2.05. The van der Waals surface area contributed by atoms with E-state index in [0.29, 0.717) is 34.1 Å². The minimum absolute atomic E-state index is 0.0259. The maximum absolute atomic E-state index is 12.7. The topological polar surface area (TPSA) is 71.1 Å². The second kappa shape index (κ2) is 7.53. The van der Waals surface area contributed by atoms with Crippen LogP contribution in [0.3, 0.4) is 0 Å². The highest BCUT2D eigenvalue weighted by Crippen LogP contribution is 2.39. The third-order valence-electron chi connectivity index (χ3n) is 4.17. The SMILES string of the molecule is COc1ccc(/C=C2\Oc3c(ccc(OCC(C)=O)c3C)C2=O)cc1OC. The first-order valence-electron chi connectivity index (χ1n) is 8.36. The van der Waals surface area contributed by atoms with Crippen molar-refractivity contribution in [3.05, 3.63) is 52.8 Å². The van der Waals surface area contributed by atoms with Crippen molar-refractivity contribution in [3.63, 3.8) is 0 Å². The molecule has 0 saturated carbocycles. The first-order valence-corrected chi connectivity index (χ1v) is 8.36. The Bertz CT molecular complexity index is 942. The normalized spacial score (nSPS) is 13.9. The Morgan fingerprint density at radius 3 is 2.44 bits per heavy atom. The molecule has 0 unspecified atom stereocenters. The fourth-order valence-electron chi connectivity index (χ4n) is 2.80. The summed E-state index contributed by atoms with van der Waals surface area (Å²) in [6.45, 7) is 3.22. The van der Waals surface area contributed by atoms with Gasteiger partial charge < -0.3 is 18.9 Å². The number of hydrogen-bond donors (Lipinski definition) is 0. The molecule has 0 bridgehead atoms. The van der Waals surface area contributed by atoms with Crippen molar-refractivity contribution in [2.45, 2.75) is 13.8 Å². The van der Waals surface area contributed by atoms with Gasteiger partial charge in [-0.25, -0.2) is 0 Å². The van der Waals surface area contributed by atoms with Crippen LogP contribution in [0.4, 0.5) is 0 Å². The van der Waals surface area contributed by atoms with Crippen LogP contribution in [-0.2, 0) is 4.79 Å². The summed E-state index contributed by atoms with van der Waals surface area (Å²) < 4.78 is 21.8. The molecule has 0 saturated heterocycles. The molecule has 27 heavy (non-hydrogen) atoms. The van der Waals surface area contributed by atoms with Crippen molar-refractivity contribution < 1.29 is 28.5 Å². The molecule has 0 aromatic heterocycles. The van der Waals surface area contributed by atoms with Gasteiger partial charge in [0.25, 0.3) is 0 Å². The van der Waals surface area contributed by atoms with Crippen LogP contribution in [-0.4, -0.2) is 32.4 Å². The zero-order chi connectivity index (χ0) is 19.6. The predicted molar refractivity (Wildman–Crippen MR) is 99.8 cm³/mol. The van der Waals surface area contributed by atoms with Gasteiger partial charge in [-0.15, -0.1) is 0 Å². The number of fused-ring (bicyclic) bond motifs is 1. The van der Waals surface area contributed by atoms with Crippen molar-refractivity contribution in [1.82, 2.24) is 0 Å². The second-order valence-corrected chi connectivity index (χ2v) is 6.11. The lowest BCUT2D eigenvalue weighted by molar-refractivity contribution is -0.118. The molecule has 0 aliphatic carbocycles. The summed E-state index contributed by atoms with van der Waals surface area (Å²) in [5, 5.41) is 0. The number of ketones is 2. The summed E-state index contributed by atoms with van der Waals surface area (Å²) in [4.78, 5) is 23.8. The second-order valence-electron chi connectivity index (χ2n) is 6.11. The minimum atomic E-state index is -0.207. The molecule has 0 spiro atoms. The molecule has 0 N–H and O–H groups in total. The molecule has 0 fully saturated rings. The number of Topliss-reactive ketones (excluding diaryl/α,β-unsaturated/α-hetero) is 2. The average molecular weight is 368 g/mol. The number of carbonyl (C=O) groups excluding carboxylic acids is 2. The van der Waals surface area contributed by atoms with Crippen LogP contribution in [0, 0.1) is 6.92 Å². The number of ether oxygens (including phenoxy) is 4. The van der Waals surface area contributed by atoms with E-state index in [2.05, 4.69) is 0 Å². The van der Waals surface area contributed by atoms with E-state index in [1.807, 2.05) is 6.07 Å². The van der Waals surface area contributed by atoms with Crippen molar-refractivity contribution in [2.75, 3.05) is 20.8 Å². The van der Waals surface area contributed by atoms with E-state index in [9.17, 15) is 9.59 Å². The summed E-state index contributed by atoms with van der Waals surface area (Å²) in [7, 11) is 3.11. The smallest absolute Gasteiger partial charge is 0.231 e. The third-order valence-corrected chi connectivity index (χ3v) is 4.17. The van der Waals surface area contributed by atoms with Gasteiger partial charge in [-0.1, -0.05) is 6.07 Å². The number of rotatable bonds is 6. The molecule has 2 aromatic carbocycles. The number of benzene rings is 2. The summed E-state index contributed by atoms with van der Waals surface area (Å²) in [5.41, 5.74) is 1.89. The van der Waals surface area contributed by atoms with Gasteiger partial charge in [0.15, 0.2) is 23.0 Å². The van der Waals surface area contributed by atoms with E-state index in [1.165, 1.54) is 6.92 Å². The van der Waals surface area contributed by atoms with E-state index >= 15 is 0 Å². The lowest BCUT2D eigenvalue weighted by atomic mass is 10.1. The van der Waals surface area contributed by atoms with Gasteiger partial charge in [0.1, 0.15) is 18.1 Å². The number of carbonyl (C=O) groups is 2. The standard InChI is InChI=1S/C21H20O6/c1-12(22)11-26-16-8-6-15-20(23)19(27-21(15)13(16)2)10-14-5-7-17(24-3)18(9-14)25-4/h5-10H,11H2,1-4H3/b19-10-. The van der Waals surface area contributed by atoms with Gasteiger partial charge in [-0.3, -0.25) is 9.59 Å². The Morgan fingerprint density at radius 1 is 1.07 bits per heavy atom. The molecule has 140 valence electrons. The number of methoxy groups -OCH3 is 2. The average Bonchev–Trinajstić information content (AvgIpc) is 2.97. The fourth-order valence-corrected chi connectivity index (χ4v) is 2.80. The van der Waals surface area contributed by atoms with E-state index in [-0.39, 0.29) is 23.9 Å². The first kappa shape index (κ1) is 18.5. The molecule has 6 nitrogen and oxygen atoms in total. The van der Waals surface area contributed by atoms with Crippen LogP contribution in [0.25, 0.3) is 6.08 Å². The highest BCUT2D eigenvalue weighted by molar-refractivity contribution is 6.15. The Hall–Kier alpha value is -3.28. The van der Waals surface area contributed by atoms with Crippen LogP contribution >= 0.6 is 0 Å². The van der Waals surface area contributed by atoms with Gasteiger partial charge in [0, 0.05) is 5.56 Å². The molecule has 3 rings (SSSR count). The minimum Gasteiger partial charge on any atom is -0.493 e. The van der Waals surface area contributed by atoms with E-state index in [4.69, 9.17) is 18.9 Å². The largest absolute Gasteiger partial charge is 0.493 e. The first-order chi connectivity index (χ1) is 12.9. The van der Waals surface area contributed by atoms with Crippen molar-refractivity contribution >= 4 is 17.6 Å². The van der Waals surface area contributed by atoms with E-state index < -0.39 is 0 Å². The molecule has 1 aliphatic heterocycles. The predicted octanol–water partition coefficient (Wildman–Crippen LogP) is 3.60. The quantitative estimate of drug-likeness (QED) is 0.726. The number of allylic oxidation sites excluding steroid dienone is 1. The lowest BCUT2D eigenvalue weighted by Gasteiger charge is -2.10. The highest BCUT2D eigenvalue weighted by Gasteiger charge is 2.30. The third kappa shape index (κ3) is 3.65. The van der Waals surface area contributed by atoms with Crippen LogP contribution in [0.1, 0.15) is 28.4 Å². The molecule has 0 amide bonds. The molecule has 0 atom stereocenters. The van der Waals surface area contributed by atoms with E-state index in [0.717, 1.165) is 5.56 Å². The van der Waals surface area contributed by atoms with Crippen molar-refractivity contribution in [3.8, 4) is 23.0 Å². The molecular weight excluding hydrogens is 348 g/mol. The molecule has 1 aliphatic rings. The van der Waals surface area contributed by atoms with Gasteiger partial charge in [-0.2, -0.15) is 0 Å². The van der Waals surface area contributed by atoms with Gasteiger partial charge in [-0.05, 0) is 49.8 Å². The Morgan fingerprint density at radius 2 is 1.78 bits per heavy atom. The molecule has 2 aromatic rings. The number of hydrogen-bond acceptors (Lipinski definition) is 6. The molecular formula is C21H20O6. The monoisotopic (exact) mass is 368 g/mol. The van der Waals surface area contributed by atoms with Crippen molar-refractivity contribution in [2.24, 2.45) is 0 Å². The van der Waals surface area contributed by atoms with Gasteiger partial charge in [0.05, 0.1) is 19.8 Å². The van der Waals surface area contributed by atoms with Crippen LogP contribution in [0.2, 0.25) is 0 Å². The van der Waals surface area contributed by atoms with Crippen LogP contribution in [0.15, 0.2) is 36.1 Å². The highest BCUT2D eigenvalue weighted by atomic mass is 16.5. The van der Waals surface area contributed by atoms with Gasteiger partial charge >= 0.3 is 0 Å². The summed E-state index contributed by atoms with van der Waals surface area (Å²) in [6, 6.07) is 8.66. The zero-order valence-electron chi connectivity index (χ0n) is 15.6. The Labute approximate surface area is 157 Å². The van der Waals surface area contributed by atoms with Crippen LogP contribution in [0.5, 0.6) is 23.0 Å². The molecule has 6 heteroatoms. The molecule has 1 heterocycles. The lowest BCUT2D eigenvalue weighted by Crippen LogP contribution is -2.07. The van der Waals surface area contributed by atoms with Gasteiger partial charge in [0.2, 0.25) is 5.78 Å². The Kier molecular flexibility index (Phi) is 5.16. The van der Waals surface area contributed by atoms with Crippen LogP contribution < -0.4 is 18.9 Å². The maximum atomic E-state index is 12.7. The van der Waals surface area contributed by atoms with E-state index in [1.54, 1.807) is 51.5 Å². The fraction of sp³-hybridized carbons (Fsp3) is 0.238. The summed E-state index contributed by atoms with van der Waals surface area (Å²) >= 11 is 0. The zero-order valence-corrected chi connectivity index (χ0v) is 15.6. The maximum Gasteiger partial charge on any atom is 0.231 e. The Balaban J connectivity index is 1.91. The molecule has 0 radical (unpaired) electrons. The van der Waals surface area contributed by atoms with Crippen molar-refractivity contribution in [1.29, 1.82) is 0 Å².